The molecule has 1 aromatic rings. The van der Waals surface area contributed by atoms with Crippen molar-refractivity contribution >= 4 is 35.8 Å². The quantitative estimate of drug-likeness (QED) is 0.184. The van der Waals surface area contributed by atoms with Gasteiger partial charge in [0.1, 0.15) is 0 Å². The molecular formula is C18H22O15. The lowest BCUT2D eigenvalue weighted by Crippen LogP contribution is -2.42. The molecule has 15 heteroatoms. The molecule has 0 heterocycles. The number of aliphatic hydroxyl groups excluding tert-OH is 2. The van der Waals surface area contributed by atoms with E-state index in [0.717, 1.165) is 0 Å². The van der Waals surface area contributed by atoms with E-state index in [0.29, 0.717) is 5.56 Å². The van der Waals surface area contributed by atoms with Crippen LogP contribution < -0.4 is 0 Å². The van der Waals surface area contributed by atoms with Gasteiger partial charge in [0.05, 0.1) is 19.3 Å². The molecule has 0 fully saturated rings. The molecule has 1 rings (SSSR count). The third-order valence-corrected chi connectivity index (χ3v) is 3.29. The first kappa shape index (κ1) is 31.1. The SMILES string of the molecule is O=C(O)C(O)c1ccccc1.O=C(O)CC(O)(CC(=O)O)C(=O)O.O=C(O)CC(O)C(=O)O. The number of hydrogen-bond donors (Lipinski definition) is 9. The van der Waals surface area contributed by atoms with Gasteiger partial charge in [0.2, 0.25) is 0 Å². The average molecular weight is 478 g/mol. The average Bonchev–Trinajstić information content (AvgIpc) is 2.67. The molecular weight excluding hydrogens is 456 g/mol. The minimum Gasteiger partial charge on any atom is -0.481 e. The van der Waals surface area contributed by atoms with Gasteiger partial charge in [-0.05, 0) is 5.56 Å². The number of rotatable bonds is 10. The first-order valence-electron chi connectivity index (χ1n) is 8.51. The number of aliphatic carboxylic acids is 6. The van der Waals surface area contributed by atoms with Crippen LogP contribution in [-0.4, -0.2) is 93.5 Å². The summed E-state index contributed by atoms with van der Waals surface area (Å²) >= 11 is 0. The van der Waals surface area contributed by atoms with Crippen LogP contribution in [0, 0.1) is 0 Å². The largest absolute Gasteiger partial charge is 0.481 e. The highest BCUT2D eigenvalue weighted by atomic mass is 16.4. The Morgan fingerprint density at radius 2 is 1.12 bits per heavy atom. The lowest BCUT2D eigenvalue weighted by molar-refractivity contribution is -0.170. The van der Waals surface area contributed by atoms with Gasteiger partial charge in [-0.25, -0.2) is 14.4 Å². The molecule has 15 nitrogen and oxygen atoms in total. The molecule has 0 saturated heterocycles. The van der Waals surface area contributed by atoms with Gasteiger partial charge in [-0.2, -0.15) is 0 Å². The van der Waals surface area contributed by atoms with Crippen molar-refractivity contribution in [3.8, 4) is 0 Å². The fourth-order valence-corrected chi connectivity index (χ4v) is 1.74. The van der Waals surface area contributed by atoms with Crippen LogP contribution in [0.3, 0.4) is 0 Å². The fourth-order valence-electron chi connectivity index (χ4n) is 1.74. The molecule has 0 radical (unpaired) electrons. The van der Waals surface area contributed by atoms with Crippen LogP contribution in [0.5, 0.6) is 0 Å². The lowest BCUT2D eigenvalue weighted by atomic mass is 9.96. The minimum absolute atomic E-state index is 0.403. The molecule has 184 valence electrons. The Labute approximate surface area is 184 Å². The number of carboxylic acid groups (broad SMARTS) is 6. The summed E-state index contributed by atoms with van der Waals surface area (Å²) in [7, 11) is 0. The summed E-state index contributed by atoms with van der Waals surface area (Å²) in [5, 5.41) is 75.3. The summed E-state index contributed by atoms with van der Waals surface area (Å²) in [6.07, 6.45) is -6.24. The van der Waals surface area contributed by atoms with Gasteiger partial charge in [0, 0.05) is 0 Å². The van der Waals surface area contributed by atoms with Gasteiger partial charge in [-0.1, -0.05) is 30.3 Å². The summed E-state index contributed by atoms with van der Waals surface area (Å²) in [6, 6.07) is 8.26. The van der Waals surface area contributed by atoms with E-state index in [4.69, 9.17) is 46.0 Å². The van der Waals surface area contributed by atoms with E-state index in [1.807, 2.05) is 0 Å². The van der Waals surface area contributed by atoms with Crippen molar-refractivity contribution in [3.05, 3.63) is 35.9 Å². The van der Waals surface area contributed by atoms with Crippen molar-refractivity contribution in [1.82, 2.24) is 0 Å². The zero-order valence-corrected chi connectivity index (χ0v) is 16.6. The Kier molecular flexibility index (Phi) is 14.0. The molecule has 1 aromatic carbocycles. The molecule has 0 aliphatic carbocycles. The summed E-state index contributed by atoms with van der Waals surface area (Å²) in [5.41, 5.74) is -2.34. The van der Waals surface area contributed by atoms with E-state index in [9.17, 15) is 28.8 Å². The zero-order chi connectivity index (χ0) is 26.4. The summed E-state index contributed by atoms with van der Waals surface area (Å²) in [5.74, 6) is -9.09. The number of benzene rings is 1. The highest BCUT2D eigenvalue weighted by Crippen LogP contribution is 2.15. The van der Waals surface area contributed by atoms with Crippen LogP contribution in [0.1, 0.15) is 30.9 Å². The Morgan fingerprint density at radius 3 is 1.36 bits per heavy atom. The van der Waals surface area contributed by atoms with E-state index in [1.54, 1.807) is 30.3 Å². The molecule has 2 unspecified atom stereocenters. The van der Waals surface area contributed by atoms with Crippen LogP contribution in [0.4, 0.5) is 0 Å². The van der Waals surface area contributed by atoms with Crippen LogP contribution in [0.2, 0.25) is 0 Å². The second-order valence-electron chi connectivity index (χ2n) is 6.08. The Balaban J connectivity index is 0. The fraction of sp³-hybridized carbons (Fsp3) is 0.333. The molecule has 0 spiro atoms. The standard InChI is InChI=1S/C8H8O3.C6H8O7.C4H6O5/c9-7(8(10)11)6-4-2-1-3-5-6;7-3(8)1-6(13,5(11)12)2-4(9)10;5-2(4(8)9)1-3(6)7/h1-5,7,9H,(H,10,11);13H,1-2H2,(H,7,8)(H,9,10)(H,11,12);2,5H,1H2,(H,6,7)(H,8,9). The molecule has 9 N–H and O–H groups in total. The number of carbonyl (C=O) groups is 6. The van der Waals surface area contributed by atoms with Gasteiger partial charge >= 0.3 is 35.8 Å². The van der Waals surface area contributed by atoms with Crippen LogP contribution in [0.25, 0.3) is 0 Å². The molecule has 0 aliphatic rings. The molecule has 0 aliphatic heterocycles. The van der Waals surface area contributed by atoms with E-state index in [1.165, 1.54) is 0 Å². The molecule has 0 amide bonds. The van der Waals surface area contributed by atoms with Crippen molar-refractivity contribution in [1.29, 1.82) is 0 Å². The maximum Gasteiger partial charge on any atom is 0.337 e. The minimum atomic E-state index is -2.74. The Morgan fingerprint density at radius 1 is 0.697 bits per heavy atom. The normalized spacial score (nSPS) is 11.8. The van der Waals surface area contributed by atoms with Gasteiger partial charge < -0.3 is 46.0 Å². The van der Waals surface area contributed by atoms with Gasteiger partial charge in [0.25, 0.3) is 0 Å². The van der Waals surface area contributed by atoms with Gasteiger partial charge in [-0.3, -0.25) is 14.4 Å². The third-order valence-electron chi connectivity index (χ3n) is 3.29. The molecule has 0 aromatic heterocycles. The van der Waals surface area contributed by atoms with Crippen molar-refractivity contribution in [2.45, 2.75) is 37.1 Å². The van der Waals surface area contributed by atoms with Gasteiger partial charge in [0.15, 0.2) is 17.8 Å². The highest BCUT2D eigenvalue weighted by Gasteiger charge is 2.40. The van der Waals surface area contributed by atoms with Crippen molar-refractivity contribution in [2.75, 3.05) is 0 Å². The van der Waals surface area contributed by atoms with Crippen LogP contribution in [-0.2, 0) is 28.8 Å². The topological polar surface area (TPSA) is 284 Å². The first-order valence-corrected chi connectivity index (χ1v) is 8.51. The number of carboxylic acids is 6. The Bertz CT molecular complexity index is 817. The van der Waals surface area contributed by atoms with E-state index in [2.05, 4.69) is 0 Å². The molecule has 0 bridgehead atoms. The van der Waals surface area contributed by atoms with E-state index < -0.39 is 72.9 Å². The molecule has 33 heavy (non-hydrogen) atoms. The highest BCUT2D eigenvalue weighted by molar-refractivity contribution is 5.88. The summed E-state index contributed by atoms with van der Waals surface area (Å²) < 4.78 is 0. The predicted octanol–water partition coefficient (Wildman–Crippen LogP) is -1.54. The first-order chi connectivity index (χ1) is 15.0. The number of aliphatic hydroxyl groups is 3. The van der Waals surface area contributed by atoms with Gasteiger partial charge in [-0.15, -0.1) is 0 Å². The predicted molar refractivity (Wildman–Crippen MR) is 102 cm³/mol. The maximum atomic E-state index is 10.3. The second-order valence-corrected chi connectivity index (χ2v) is 6.08. The monoisotopic (exact) mass is 478 g/mol. The van der Waals surface area contributed by atoms with Crippen LogP contribution >= 0.6 is 0 Å². The van der Waals surface area contributed by atoms with Crippen molar-refractivity contribution < 1.29 is 74.7 Å². The Hall–Kier alpha value is -4.08. The summed E-state index contributed by atoms with van der Waals surface area (Å²) in [6.45, 7) is 0. The van der Waals surface area contributed by atoms with E-state index >= 15 is 0 Å². The maximum absolute atomic E-state index is 10.3. The van der Waals surface area contributed by atoms with Crippen LogP contribution in [0.15, 0.2) is 30.3 Å². The molecule has 2 atom stereocenters. The lowest BCUT2D eigenvalue weighted by Gasteiger charge is -2.18. The summed E-state index contributed by atoms with van der Waals surface area (Å²) in [4.78, 5) is 60.1. The van der Waals surface area contributed by atoms with E-state index in [-0.39, 0.29) is 0 Å². The zero-order valence-electron chi connectivity index (χ0n) is 16.6. The smallest absolute Gasteiger partial charge is 0.337 e. The third kappa shape index (κ3) is 14.5. The molecule has 0 saturated carbocycles. The second kappa shape index (κ2) is 14.8. The van der Waals surface area contributed by atoms with Crippen molar-refractivity contribution in [2.24, 2.45) is 0 Å². The number of hydrogen-bond acceptors (Lipinski definition) is 9. The van der Waals surface area contributed by atoms with Crippen molar-refractivity contribution in [3.63, 3.8) is 0 Å².